The predicted molar refractivity (Wildman–Crippen MR) is 75.0 cm³/mol. The summed E-state index contributed by atoms with van der Waals surface area (Å²) >= 11 is 1.36. The van der Waals surface area contributed by atoms with Crippen molar-refractivity contribution in [3.05, 3.63) is 58.0 Å². The molecule has 0 fully saturated rings. The van der Waals surface area contributed by atoms with Crippen molar-refractivity contribution in [3.8, 4) is 0 Å². The fourth-order valence-corrected chi connectivity index (χ4v) is 2.18. The maximum atomic E-state index is 12.8. The van der Waals surface area contributed by atoms with E-state index < -0.39 is 0 Å². The molecule has 2 aromatic rings. The molecule has 19 heavy (non-hydrogen) atoms. The number of hydrogen-bond donors (Lipinski definition) is 1. The molecular formula is C14H13FN2OS. The van der Waals surface area contributed by atoms with E-state index in [9.17, 15) is 9.18 Å². The van der Waals surface area contributed by atoms with E-state index in [1.807, 2.05) is 18.4 Å². The number of amides is 1. The first-order valence-electron chi connectivity index (χ1n) is 5.87. The Morgan fingerprint density at radius 1 is 1.32 bits per heavy atom. The molecule has 0 atom stereocenters. The monoisotopic (exact) mass is 276 g/mol. The van der Waals surface area contributed by atoms with E-state index in [4.69, 9.17) is 0 Å². The van der Waals surface area contributed by atoms with Crippen molar-refractivity contribution in [1.82, 2.24) is 5.43 Å². The third-order valence-corrected chi connectivity index (χ3v) is 3.42. The second-order valence-corrected chi connectivity index (χ2v) is 4.78. The molecule has 0 aliphatic carbocycles. The van der Waals surface area contributed by atoms with E-state index in [1.165, 1.54) is 23.5 Å². The van der Waals surface area contributed by atoms with Crippen LogP contribution in [0.25, 0.3) is 0 Å². The number of hydrazone groups is 1. The Morgan fingerprint density at radius 3 is 2.63 bits per heavy atom. The van der Waals surface area contributed by atoms with Gasteiger partial charge < -0.3 is 0 Å². The molecule has 0 radical (unpaired) electrons. The van der Waals surface area contributed by atoms with Crippen molar-refractivity contribution in [1.29, 1.82) is 0 Å². The number of halogens is 1. The molecule has 98 valence electrons. The Morgan fingerprint density at radius 2 is 2.05 bits per heavy atom. The lowest BCUT2D eigenvalue weighted by molar-refractivity contribution is 0.0959. The van der Waals surface area contributed by atoms with Gasteiger partial charge in [-0.2, -0.15) is 5.10 Å². The molecule has 2 rings (SSSR count). The molecule has 0 saturated heterocycles. The lowest BCUT2D eigenvalue weighted by Crippen LogP contribution is -2.18. The van der Waals surface area contributed by atoms with Gasteiger partial charge in [-0.15, -0.1) is 11.3 Å². The van der Waals surface area contributed by atoms with Gasteiger partial charge in [-0.25, -0.2) is 9.82 Å². The molecule has 1 amide bonds. The SMILES string of the molecule is CC/C(=N/NC(=O)c1cccs1)c1ccc(F)cc1. The van der Waals surface area contributed by atoms with Crippen molar-refractivity contribution in [2.45, 2.75) is 13.3 Å². The van der Waals surface area contributed by atoms with E-state index in [0.717, 1.165) is 5.56 Å². The number of hydrogen-bond acceptors (Lipinski definition) is 3. The number of thiophene rings is 1. The average molecular weight is 276 g/mol. The zero-order valence-electron chi connectivity index (χ0n) is 10.4. The molecule has 0 saturated carbocycles. The molecule has 1 aromatic carbocycles. The zero-order chi connectivity index (χ0) is 13.7. The van der Waals surface area contributed by atoms with Crippen molar-refractivity contribution < 1.29 is 9.18 Å². The Hall–Kier alpha value is -2.01. The topological polar surface area (TPSA) is 41.5 Å². The second-order valence-electron chi connectivity index (χ2n) is 3.84. The molecule has 1 heterocycles. The van der Waals surface area contributed by atoms with Crippen LogP contribution in [0.5, 0.6) is 0 Å². The minimum atomic E-state index is -0.290. The molecular weight excluding hydrogens is 263 g/mol. The van der Waals surface area contributed by atoms with E-state index in [-0.39, 0.29) is 11.7 Å². The Balaban J connectivity index is 2.11. The van der Waals surface area contributed by atoms with Crippen molar-refractivity contribution in [2.24, 2.45) is 5.10 Å². The van der Waals surface area contributed by atoms with E-state index >= 15 is 0 Å². The van der Waals surface area contributed by atoms with Gasteiger partial charge in [0.25, 0.3) is 5.91 Å². The van der Waals surface area contributed by atoms with Gasteiger partial charge in [-0.3, -0.25) is 4.79 Å². The molecule has 0 unspecified atom stereocenters. The predicted octanol–water partition coefficient (Wildman–Crippen LogP) is 3.43. The van der Waals surface area contributed by atoms with E-state index in [0.29, 0.717) is 17.0 Å². The number of carbonyl (C=O) groups is 1. The molecule has 3 nitrogen and oxygen atoms in total. The van der Waals surface area contributed by atoms with E-state index in [2.05, 4.69) is 10.5 Å². The summed E-state index contributed by atoms with van der Waals surface area (Å²) in [6.07, 6.45) is 0.649. The molecule has 0 spiro atoms. The minimum Gasteiger partial charge on any atom is -0.266 e. The Labute approximate surface area is 114 Å². The largest absolute Gasteiger partial charge is 0.281 e. The highest BCUT2D eigenvalue weighted by Crippen LogP contribution is 2.09. The second kappa shape index (κ2) is 6.24. The standard InChI is InChI=1S/C14H13FN2OS/c1-2-12(10-5-7-11(15)8-6-10)16-17-14(18)13-4-3-9-19-13/h3-9H,2H2,1H3,(H,17,18)/b16-12-. The van der Waals surface area contributed by atoms with Crippen LogP contribution in [0.1, 0.15) is 28.6 Å². The van der Waals surface area contributed by atoms with Gasteiger partial charge in [0.15, 0.2) is 0 Å². The van der Waals surface area contributed by atoms with Crippen LogP contribution in [-0.2, 0) is 0 Å². The number of benzene rings is 1. The van der Waals surface area contributed by atoms with Gasteiger partial charge in [0.1, 0.15) is 5.82 Å². The molecule has 1 N–H and O–H groups in total. The summed E-state index contributed by atoms with van der Waals surface area (Å²) in [5.74, 6) is -0.523. The molecule has 1 aromatic heterocycles. The molecule has 0 bridgehead atoms. The van der Waals surface area contributed by atoms with Gasteiger partial charge in [-0.1, -0.05) is 25.1 Å². The number of nitrogens with zero attached hydrogens (tertiary/aromatic N) is 1. The summed E-state index contributed by atoms with van der Waals surface area (Å²) in [5, 5.41) is 5.93. The molecule has 0 aliphatic rings. The minimum absolute atomic E-state index is 0.233. The van der Waals surface area contributed by atoms with E-state index in [1.54, 1.807) is 18.2 Å². The van der Waals surface area contributed by atoms with Gasteiger partial charge in [0.05, 0.1) is 10.6 Å². The fraction of sp³-hybridized carbons (Fsp3) is 0.143. The van der Waals surface area contributed by atoms with Crippen LogP contribution in [-0.4, -0.2) is 11.6 Å². The number of rotatable bonds is 4. The number of carbonyl (C=O) groups excluding carboxylic acids is 1. The van der Waals surface area contributed by atoms with Crippen LogP contribution in [0.3, 0.4) is 0 Å². The summed E-state index contributed by atoms with van der Waals surface area (Å²) in [4.78, 5) is 12.4. The molecule has 0 aliphatic heterocycles. The maximum absolute atomic E-state index is 12.8. The van der Waals surface area contributed by atoms with Gasteiger partial charge in [0, 0.05) is 0 Å². The normalized spacial score (nSPS) is 11.4. The van der Waals surface area contributed by atoms with Crippen LogP contribution in [0.2, 0.25) is 0 Å². The summed E-state index contributed by atoms with van der Waals surface area (Å²) in [6.45, 7) is 1.93. The van der Waals surface area contributed by atoms with Crippen molar-refractivity contribution in [2.75, 3.05) is 0 Å². The quantitative estimate of drug-likeness (QED) is 0.674. The highest BCUT2D eigenvalue weighted by Gasteiger charge is 2.06. The van der Waals surface area contributed by atoms with Gasteiger partial charge >= 0.3 is 0 Å². The highest BCUT2D eigenvalue weighted by molar-refractivity contribution is 7.12. The number of nitrogens with one attached hydrogen (secondary N) is 1. The van der Waals surface area contributed by atoms with Gasteiger partial charge in [-0.05, 0) is 35.6 Å². The third-order valence-electron chi connectivity index (χ3n) is 2.55. The summed E-state index contributed by atoms with van der Waals surface area (Å²) in [6, 6.07) is 9.59. The highest BCUT2D eigenvalue weighted by atomic mass is 32.1. The zero-order valence-corrected chi connectivity index (χ0v) is 11.2. The lowest BCUT2D eigenvalue weighted by atomic mass is 10.1. The Bertz CT molecular complexity index is 576. The third kappa shape index (κ3) is 3.48. The van der Waals surface area contributed by atoms with Crippen molar-refractivity contribution in [3.63, 3.8) is 0 Å². The molecule has 5 heteroatoms. The van der Waals surface area contributed by atoms with Crippen LogP contribution in [0.15, 0.2) is 46.9 Å². The smallest absolute Gasteiger partial charge is 0.266 e. The summed E-state index contributed by atoms with van der Waals surface area (Å²) in [5.41, 5.74) is 4.03. The van der Waals surface area contributed by atoms with Crippen LogP contribution < -0.4 is 5.43 Å². The Kier molecular flexibility index (Phi) is 4.41. The van der Waals surface area contributed by atoms with Crippen molar-refractivity contribution >= 4 is 23.0 Å². The first-order chi connectivity index (χ1) is 9.20. The van der Waals surface area contributed by atoms with Crippen LogP contribution in [0, 0.1) is 5.82 Å². The first kappa shape index (κ1) is 13.4. The van der Waals surface area contributed by atoms with Gasteiger partial charge in [0.2, 0.25) is 0 Å². The maximum Gasteiger partial charge on any atom is 0.281 e. The fourth-order valence-electron chi connectivity index (χ4n) is 1.57. The summed E-state index contributed by atoms with van der Waals surface area (Å²) < 4.78 is 12.8. The van der Waals surface area contributed by atoms with Crippen LogP contribution in [0.4, 0.5) is 4.39 Å². The van der Waals surface area contributed by atoms with Crippen LogP contribution >= 0.6 is 11.3 Å². The average Bonchev–Trinajstić information content (AvgIpc) is 2.95. The first-order valence-corrected chi connectivity index (χ1v) is 6.75. The summed E-state index contributed by atoms with van der Waals surface area (Å²) in [7, 11) is 0. The lowest BCUT2D eigenvalue weighted by Gasteiger charge is -2.04.